The summed E-state index contributed by atoms with van der Waals surface area (Å²) in [6, 6.07) is 0. The fourth-order valence-electron chi connectivity index (χ4n) is 2.18. The van der Waals surface area contributed by atoms with E-state index in [-0.39, 0.29) is 5.97 Å². The van der Waals surface area contributed by atoms with Crippen LogP contribution in [0.15, 0.2) is 6.20 Å². The highest BCUT2D eigenvalue weighted by molar-refractivity contribution is 5.89. The van der Waals surface area contributed by atoms with E-state index in [1.54, 1.807) is 0 Å². The first-order valence-electron chi connectivity index (χ1n) is 6.19. The zero-order valence-corrected chi connectivity index (χ0v) is 9.84. The third kappa shape index (κ3) is 2.29. The SMILES string of the molecule is CCCCOC(=O)c1[15nH]cc2c1CCCC2. The van der Waals surface area contributed by atoms with Crippen LogP contribution in [-0.4, -0.2) is 17.6 Å². The monoisotopic (exact) mass is 222 g/mol. The molecule has 0 atom stereocenters. The molecule has 1 aromatic heterocycles. The minimum absolute atomic E-state index is 0.184. The van der Waals surface area contributed by atoms with Gasteiger partial charge in [-0.15, -0.1) is 0 Å². The van der Waals surface area contributed by atoms with Crippen molar-refractivity contribution in [1.82, 2.24) is 4.98 Å². The van der Waals surface area contributed by atoms with Gasteiger partial charge in [0.05, 0.1) is 6.61 Å². The van der Waals surface area contributed by atoms with E-state index < -0.39 is 0 Å². The first-order valence-corrected chi connectivity index (χ1v) is 6.19. The van der Waals surface area contributed by atoms with Gasteiger partial charge in [0.25, 0.3) is 0 Å². The number of carbonyl (C=O) groups is 1. The first-order chi connectivity index (χ1) is 7.83. The summed E-state index contributed by atoms with van der Waals surface area (Å²) in [7, 11) is 0. The van der Waals surface area contributed by atoms with Gasteiger partial charge in [0.15, 0.2) is 0 Å². The van der Waals surface area contributed by atoms with Crippen molar-refractivity contribution in [2.75, 3.05) is 6.61 Å². The van der Waals surface area contributed by atoms with E-state index in [2.05, 4.69) is 11.9 Å². The molecular formula is C13H19NO2. The van der Waals surface area contributed by atoms with Crippen molar-refractivity contribution in [1.29, 1.82) is 0 Å². The van der Waals surface area contributed by atoms with E-state index in [1.807, 2.05) is 6.20 Å². The van der Waals surface area contributed by atoms with Gasteiger partial charge in [-0.1, -0.05) is 13.3 Å². The van der Waals surface area contributed by atoms with Crippen LogP contribution >= 0.6 is 0 Å². The van der Waals surface area contributed by atoms with Gasteiger partial charge >= 0.3 is 5.97 Å². The average Bonchev–Trinajstić information content (AvgIpc) is 2.73. The van der Waals surface area contributed by atoms with Gasteiger partial charge in [0.2, 0.25) is 0 Å². The van der Waals surface area contributed by atoms with Gasteiger partial charge in [-0.2, -0.15) is 0 Å². The maximum absolute atomic E-state index is 11.8. The number of ether oxygens (including phenoxy) is 1. The van der Waals surface area contributed by atoms with Crippen LogP contribution in [0.2, 0.25) is 0 Å². The molecule has 0 unspecified atom stereocenters. The van der Waals surface area contributed by atoms with Crippen LogP contribution in [0.5, 0.6) is 0 Å². The highest BCUT2D eigenvalue weighted by Crippen LogP contribution is 2.24. The number of H-pyrrole nitrogens is 1. The quantitative estimate of drug-likeness (QED) is 0.628. The van der Waals surface area contributed by atoms with Crippen molar-refractivity contribution in [3.63, 3.8) is 0 Å². The Morgan fingerprint density at radius 1 is 1.44 bits per heavy atom. The van der Waals surface area contributed by atoms with Gasteiger partial charge < -0.3 is 9.72 Å². The molecule has 0 aromatic carbocycles. The largest absolute Gasteiger partial charge is 0.461 e. The van der Waals surface area contributed by atoms with Crippen molar-refractivity contribution >= 4 is 5.97 Å². The Morgan fingerprint density at radius 3 is 3.06 bits per heavy atom. The van der Waals surface area contributed by atoms with Crippen molar-refractivity contribution in [2.24, 2.45) is 0 Å². The Bertz CT molecular complexity index is 368. The number of esters is 1. The highest BCUT2D eigenvalue weighted by atomic mass is 16.5. The topological polar surface area (TPSA) is 42.1 Å². The van der Waals surface area contributed by atoms with Crippen LogP contribution < -0.4 is 0 Å². The van der Waals surface area contributed by atoms with Crippen LogP contribution in [0.3, 0.4) is 0 Å². The number of unbranched alkanes of at least 4 members (excludes halogenated alkanes) is 1. The van der Waals surface area contributed by atoms with Crippen LogP contribution in [0.1, 0.15) is 54.2 Å². The lowest BCUT2D eigenvalue weighted by molar-refractivity contribution is 0.0492. The molecule has 0 fully saturated rings. The number of carbonyl (C=O) groups excluding carboxylic acids is 1. The third-order valence-electron chi connectivity index (χ3n) is 3.14. The summed E-state index contributed by atoms with van der Waals surface area (Å²) in [5.74, 6) is -0.184. The molecule has 1 aliphatic carbocycles. The number of aromatic nitrogens is 1. The predicted molar refractivity (Wildman–Crippen MR) is 62.6 cm³/mol. The van der Waals surface area contributed by atoms with E-state index in [0.717, 1.165) is 25.7 Å². The molecule has 0 aliphatic heterocycles. The summed E-state index contributed by atoms with van der Waals surface area (Å²) in [5.41, 5.74) is 3.17. The fraction of sp³-hybridized carbons (Fsp3) is 0.615. The zero-order valence-electron chi connectivity index (χ0n) is 9.84. The summed E-state index contributed by atoms with van der Waals surface area (Å²) < 4.78 is 5.22. The Morgan fingerprint density at radius 2 is 2.25 bits per heavy atom. The van der Waals surface area contributed by atoms with E-state index in [9.17, 15) is 4.79 Å². The molecule has 3 nitrogen and oxygen atoms in total. The Kier molecular flexibility index (Phi) is 3.65. The molecule has 1 N–H and O–H groups in total. The molecule has 0 radical (unpaired) electrons. The number of nitrogens with one attached hydrogen (secondary N) is 1. The van der Waals surface area contributed by atoms with Gasteiger partial charge in [0.1, 0.15) is 5.69 Å². The average molecular weight is 222 g/mol. The van der Waals surface area contributed by atoms with E-state index >= 15 is 0 Å². The first kappa shape index (κ1) is 11.2. The fourth-order valence-corrected chi connectivity index (χ4v) is 2.18. The van der Waals surface area contributed by atoms with E-state index in [0.29, 0.717) is 12.3 Å². The molecule has 0 spiro atoms. The molecule has 16 heavy (non-hydrogen) atoms. The number of aromatic amines is 1. The standard InChI is InChI=1S/C13H19NO2/c1-2-3-8-16-13(15)12-11-7-5-4-6-10(11)9-14-12/h9,14H,2-8H2,1H3/i14+1. The molecule has 1 aliphatic rings. The van der Waals surface area contributed by atoms with Crippen molar-refractivity contribution in [3.05, 3.63) is 23.0 Å². The second-order valence-electron chi connectivity index (χ2n) is 4.36. The minimum Gasteiger partial charge on any atom is -0.461 e. The Labute approximate surface area is 96.2 Å². The Balaban J connectivity index is 2.03. The second-order valence-corrected chi connectivity index (χ2v) is 4.36. The lowest BCUT2D eigenvalue weighted by Gasteiger charge is -2.12. The van der Waals surface area contributed by atoms with E-state index in [1.165, 1.54) is 24.0 Å². The molecule has 0 amide bonds. The van der Waals surface area contributed by atoms with E-state index in [4.69, 9.17) is 4.74 Å². The molecule has 1 heterocycles. The normalized spacial score (nSPS) is 14.6. The summed E-state index contributed by atoms with van der Waals surface area (Å²) in [4.78, 5) is 14.9. The molecule has 2 rings (SSSR count). The maximum atomic E-state index is 11.8. The summed E-state index contributed by atoms with van der Waals surface area (Å²) in [6.45, 7) is 2.62. The van der Waals surface area contributed by atoms with Gasteiger partial charge in [-0.25, -0.2) is 4.79 Å². The Hall–Kier alpha value is -1.25. The smallest absolute Gasteiger partial charge is 0.355 e. The van der Waals surface area contributed by atoms with Crippen LogP contribution in [0, 0.1) is 0 Å². The van der Waals surface area contributed by atoms with Crippen molar-refractivity contribution < 1.29 is 9.53 Å². The number of hydrogen-bond acceptors (Lipinski definition) is 2. The molecule has 0 saturated carbocycles. The third-order valence-corrected chi connectivity index (χ3v) is 3.14. The van der Waals surface area contributed by atoms with Gasteiger partial charge in [-0.3, -0.25) is 0 Å². The minimum atomic E-state index is -0.184. The molecular weight excluding hydrogens is 203 g/mol. The lowest BCUT2D eigenvalue weighted by atomic mass is 9.94. The second kappa shape index (κ2) is 5.19. The molecule has 0 bridgehead atoms. The molecule has 0 saturated heterocycles. The molecule has 88 valence electrons. The lowest BCUT2D eigenvalue weighted by Crippen LogP contribution is -2.11. The molecule has 3 heteroatoms. The van der Waals surface area contributed by atoms with Crippen molar-refractivity contribution in [3.8, 4) is 0 Å². The van der Waals surface area contributed by atoms with Gasteiger partial charge in [0, 0.05) is 6.20 Å². The number of aryl methyl sites for hydroxylation is 1. The summed E-state index contributed by atoms with van der Waals surface area (Å²) >= 11 is 0. The highest BCUT2D eigenvalue weighted by Gasteiger charge is 2.20. The maximum Gasteiger partial charge on any atom is 0.355 e. The predicted octanol–water partition coefficient (Wildman–Crippen LogP) is 2.85. The summed E-state index contributed by atoms with van der Waals surface area (Å²) in [6.07, 6.45) is 8.47. The van der Waals surface area contributed by atoms with Gasteiger partial charge in [-0.05, 0) is 43.2 Å². The number of hydrogen-bond donors (Lipinski definition) is 1. The van der Waals surface area contributed by atoms with Crippen molar-refractivity contribution in [2.45, 2.75) is 45.4 Å². The molecule has 1 aromatic rings. The van der Waals surface area contributed by atoms with Crippen LogP contribution in [-0.2, 0) is 17.6 Å². The zero-order chi connectivity index (χ0) is 11.4. The van der Waals surface area contributed by atoms with Crippen LogP contribution in [0.25, 0.3) is 0 Å². The number of rotatable bonds is 4. The number of fused-ring (bicyclic) bond motifs is 1. The summed E-state index contributed by atoms with van der Waals surface area (Å²) in [5, 5.41) is 0. The van der Waals surface area contributed by atoms with Crippen LogP contribution in [0.4, 0.5) is 0 Å².